The highest BCUT2D eigenvalue weighted by atomic mass is 16.5. The van der Waals surface area contributed by atoms with Gasteiger partial charge in [0.05, 0.1) is 24.9 Å². The summed E-state index contributed by atoms with van der Waals surface area (Å²) in [7, 11) is 1.99. The highest BCUT2D eigenvalue weighted by molar-refractivity contribution is 4.88. The molecule has 3 heteroatoms. The maximum Gasteiger partial charge on any atom is 0.0807 e. The van der Waals surface area contributed by atoms with Gasteiger partial charge in [0.2, 0.25) is 0 Å². The molecule has 0 unspecified atom stereocenters. The Labute approximate surface area is 93.5 Å². The number of hydrogen-bond donors (Lipinski definition) is 1. The maximum atomic E-state index is 5.99. The second-order valence-corrected chi connectivity index (χ2v) is 4.69. The van der Waals surface area contributed by atoms with E-state index >= 15 is 0 Å². The van der Waals surface area contributed by atoms with Gasteiger partial charge in [0.15, 0.2) is 0 Å². The van der Waals surface area contributed by atoms with E-state index in [1.165, 1.54) is 25.7 Å². The summed E-state index contributed by atoms with van der Waals surface area (Å²) in [6.45, 7) is 6.51. The zero-order valence-electron chi connectivity index (χ0n) is 10.3. The van der Waals surface area contributed by atoms with Crippen LogP contribution in [0.2, 0.25) is 0 Å². The fraction of sp³-hybridized carbons (Fsp3) is 1.00. The lowest BCUT2D eigenvalue weighted by Gasteiger charge is -2.29. The van der Waals surface area contributed by atoms with Crippen LogP contribution >= 0.6 is 0 Å². The zero-order valence-corrected chi connectivity index (χ0v) is 10.3. The van der Waals surface area contributed by atoms with Gasteiger partial charge in [-0.2, -0.15) is 0 Å². The number of hydrogen-bond acceptors (Lipinski definition) is 3. The lowest BCUT2D eigenvalue weighted by atomic mass is 10.0. The molecule has 1 fully saturated rings. The van der Waals surface area contributed by atoms with Crippen molar-refractivity contribution in [1.29, 1.82) is 0 Å². The molecule has 0 amide bonds. The minimum atomic E-state index is 0.0924. The molecule has 1 saturated carbocycles. The Morgan fingerprint density at radius 2 is 1.87 bits per heavy atom. The number of likely N-dealkylation sites (N-methyl/N-ethyl adjacent to an activating group) is 1. The number of nitrogens with one attached hydrogen (secondary N) is 1. The fourth-order valence-electron chi connectivity index (χ4n) is 2.26. The van der Waals surface area contributed by atoms with Gasteiger partial charge in [-0.1, -0.05) is 12.8 Å². The third-order valence-corrected chi connectivity index (χ3v) is 2.96. The van der Waals surface area contributed by atoms with Crippen molar-refractivity contribution in [2.45, 2.75) is 51.2 Å². The first-order chi connectivity index (χ1) is 7.18. The maximum absolute atomic E-state index is 5.99. The van der Waals surface area contributed by atoms with Crippen LogP contribution in [0.25, 0.3) is 0 Å². The first-order valence-electron chi connectivity index (χ1n) is 6.09. The summed E-state index contributed by atoms with van der Waals surface area (Å²) in [5.41, 5.74) is 0.0924. The van der Waals surface area contributed by atoms with Crippen molar-refractivity contribution < 1.29 is 9.47 Å². The van der Waals surface area contributed by atoms with Crippen LogP contribution in [0.15, 0.2) is 0 Å². The van der Waals surface area contributed by atoms with Crippen LogP contribution in [0.1, 0.15) is 39.5 Å². The molecule has 0 aliphatic heterocycles. The molecule has 3 nitrogen and oxygen atoms in total. The molecular weight excluding hydrogens is 190 g/mol. The average Bonchev–Trinajstić information content (AvgIpc) is 2.62. The first kappa shape index (κ1) is 12.9. The third kappa shape index (κ3) is 4.49. The highest BCUT2D eigenvalue weighted by Crippen LogP contribution is 2.32. The van der Waals surface area contributed by atoms with Crippen LogP contribution < -0.4 is 5.32 Å². The van der Waals surface area contributed by atoms with Crippen LogP contribution in [0.3, 0.4) is 0 Å². The molecule has 0 aromatic heterocycles. The van der Waals surface area contributed by atoms with Crippen LogP contribution in [-0.2, 0) is 9.47 Å². The summed E-state index contributed by atoms with van der Waals surface area (Å²) in [6.07, 6.45) is 5.28. The Morgan fingerprint density at radius 1 is 1.20 bits per heavy atom. The van der Waals surface area contributed by atoms with Gasteiger partial charge < -0.3 is 14.8 Å². The van der Waals surface area contributed by atoms with Crippen LogP contribution in [-0.4, -0.2) is 38.5 Å². The number of ether oxygens (including phenoxy) is 2. The summed E-state index contributed by atoms with van der Waals surface area (Å²) < 4.78 is 11.5. The minimum absolute atomic E-state index is 0.0924. The molecule has 0 aromatic carbocycles. The predicted octanol–water partition coefficient (Wildman–Crippen LogP) is 1.96. The Bertz CT molecular complexity index is 165. The zero-order chi connectivity index (χ0) is 11.1. The largest absolute Gasteiger partial charge is 0.376 e. The van der Waals surface area contributed by atoms with Crippen LogP contribution in [0.5, 0.6) is 0 Å². The standard InChI is InChI=1S/C12H25NO2/c1-11(2)14-8-9-15-12(10-13-3)6-4-5-7-12/h11,13H,4-10H2,1-3H3. The van der Waals surface area contributed by atoms with Crippen molar-refractivity contribution in [1.82, 2.24) is 5.32 Å². The Balaban J connectivity index is 2.20. The van der Waals surface area contributed by atoms with E-state index in [0.29, 0.717) is 12.7 Å². The Morgan fingerprint density at radius 3 is 2.40 bits per heavy atom. The average molecular weight is 215 g/mol. The van der Waals surface area contributed by atoms with Crippen molar-refractivity contribution >= 4 is 0 Å². The summed E-state index contributed by atoms with van der Waals surface area (Å²) in [5, 5.41) is 3.23. The van der Waals surface area contributed by atoms with Gasteiger partial charge in [0.25, 0.3) is 0 Å². The van der Waals surface area contributed by atoms with E-state index in [9.17, 15) is 0 Å². The monoisotopic (exact) mass is 215 g/mol. The molecule has 1 aliphatic rings. The predicted molar refractivity (Wildman–Crippen MR) is 62.2 cm³/mol. The van der Waals surface area contributed by atoms with E-state index in [-0.39, 0.29) is 5.60 Å². The molecule has 1 N–H and O–H groups in total. The van der Waals surface area contributed by atoms with Crippen molar-refractivity contribution in [3.05, 3.63) is 0 Å². The molecule has 0 saturated heterocycles. The van der Waals surface area contributed by atoms with E-state index in [1.807, 2.05) is 7.05 Å². The molecule has 0 aromatic rings. The van der Waals surface area contributed by atoms with E-state index < -0.39 is 0 Å². The molecule has 90 valence electrons. The normalized spacial score (nSPS) is 20.0. The molecule has 0 bridgehead atoms. The molecule has 15 heavy (non-hydrogen) atoms. The molecule has 0 atom stereocenters. The van der Waals surface area contributed by atoms with Crippen LogP contribution in [0.4, 0.5) is 0 Å². The van der Waals surface area contributed by atoms with Gasteiger partial charge in [-0.05, 0) is 33.7 Å². The Hall–Kier alpha value is -0.120. The molecule has 0 spiro atoms. The molecule has 1 aliphatic carbocycles. The summed E-state index contributed by atoms with van der Waals surface area (Å²) in [6, 6.07) is 0. The van der Waals surface area contributed by atoms with Gasteiger partial charge in [-0.3, -0.25) is 0 Å². The summed E-state index contributed by atoms with van der Waals surface area (Å²) in [4.78, 5) is 0. The Kier molecular flexibility index (Phi) is 5.58. The SMILES string of the molecule is CNCC1(OCCOC(C)C)CCCC1. The lowest BCUT2D eigenvalue weighted by molar-refractivity contribution is -0.0692. The van der Waals surface area contributed by atoms with Gasteiger partial charge >= 0.3 is 0 Å². The van der Waals surface area contributed by atoms with Crippen molar-refractivity contribution in [2.24, 2.45) is 0 Å². The third-order valence-electron chi connectivity index (χ3n) is 2.96. The molecular formula is C12H25NO2. The first-order valence-corrected chi connectivity index (χ1v) is 6.09. The summed E-state index contributed by atoms with van der Waals surface area (Å²) in [5.74, 6) is 0. The van der Waals surface area contributed by atoms with E-state index in [0.717, 1.165) is 13.2 Å². The topological polar surface area (TPSA) is 30.5 Å². The number of rotatable bonds is 7. The molecule has 0 heterocycles. The van der Waals surface area contributed by atoms with Gasteiger partial charge in [0, 0.05) is 6.54 Å². The lowest BCUT2D eigenvalue weighted by Crippen LogP contribution is -2.40. The van der Waals surface area contributed by atoms with E-state index in [4.69, 9.17) is 9.47 Å². The van der Waals surface area contributed by atoms with Crippen LogP contribution in [0, 0.1) is 0 Å². The second-order valence-electron chi connectivity index (χ2n) is 4.69. The highest BCUT2D eigenvalue weighted by Gasteiger charge is 2.33. The smallest absolute Gasteiger partial charge is 0.0807 e. The second kappa shape index (κ2) is 6.46. The van der Waals surface area contributed by atoms with Crippen molar-refractivity contribution in [3.63, 3.8) is 0 Å². The van der Waals surface area contributed by atoms with Gasteiger partial charge in [-0.15, -0.1) is 0 Å². The summed E-state index contributed by atoms with van der Waals surface area (Å²) >= 11 is 0. The van der Waals surface area contributed by atoms with Crippen molar-refractivity contribution in [2.75, 3.05) is 26.8 Å². The fourth-order valence-corrected chi connectivity index (χ4v) is 2.26. The van der Waals surface area contributed by atoms with Gasteiger partial charge in [-0.25, -0.2) is 0 Å². The van der Waals surface area contributed by atoms with Gasteiger partial charge in [0.1, 0.15) is 0 Å². The molecule has 1 rings (SSSR count). The van der Waals surface area contributed by atoms with Crippen molar-refractivity contribution in [3.8, 4) is 0 Å². The quantitative estimate of drug-likeness (QED) is 0.659. The minimum Gasteiger partial charge on any atom is -0.376 e. The van der Waals surface area contributed by atoms with E-state index in [1.54, 1.807) is 0 Å². The van der Waals surface area contributed by atoms with E-state index in [2.05, 4.69) is 19.2 Å². The molecule has 0 radical (unpaired) electrons.